The molecule has 1 amide bonds. The van der Waals surface area contributed by atoms with E-state index in [0.717, 1.165) is 22.9 Å². The number of likely N-dealkylation sites (tertiary alicyclic amines) is 1. The molecule has 1 aliphatic heterocycles. The zero-order valence-corrected chi connectivity index (χ0v) is 11.7. The van der Waals surface area contributed by atoms with Crippen LogP contribution >= 0.6 is 0 Å². The van der Waals surface area contributed by atoms with Gasteiger partial charge in [-0.05, 0) is 18.9 Å². The first kappa shape index (κ1) is 12.9. The summed E-state index contributed by atoms with van der Waals surface area (Å²) in [7, 11) is 0. The van der Waals surface area contributed by atoms with Gasteiger partial charge in [-0.3, -0.25) is 4.90 Å². The summed E-state index contributed by atoms with van der Waals surface area (Å²) in [4.78, 5) is 20.2. The van der Waals surface area contributed by atoms with Gasteiger partial charge in [-0.2, -0.15) is 4.98 Å². The summed E-state index contributed by atoms with van der Waals surface area (Å²) in [6.07, 6.45) is 2.40. The summed E-state index contributed by atoms with van der Waals surface area (Å²) in [5.74, 6) is 0.838. The number of fused-ring (bicyclic) bond motifs is 1. The minimum Gasteiger partial charge on any atom is -0.465 e. The highest BCUT2D eigenvalue weighted by molar-refractivity contribution is 5.93. The number of nitrogens with zero attached hydrogens (tertiary/aromatic N) is 3. The van der Waals surface area contributed by atoms with E-state index in [-0.39, 0.29) is 6.04 Å². The van der Waals surface area contributed by atoms with Gasteiger partial charge in [0.1, 0.15) is 6.04 Å². The summed E-state index contributed by atoms with van der Waals surface area (Å²) < 4.78 is 5.32. The Hall–Kier alpha value is -2.83. The summed E-state index contributed by atoms with van der Waals surface area (Å²) in [6.45, 7) is 0.505. The first-order valence-corrected chi connectivity index (χ1v) is 7.13. The van der Waals surface area contributed by atoms with E-state index < -0.39 is 6.09 Å². The van der Waals surface area contributed by atoms with E-state index in [4.69, 9.17) is 4.52 Å². The highest BCUT2D eigenvalue weighted by Gasteiger charge is 2.34. The van der Waals surface area contributed by atoms with Crippen LogP contribution < -0.4 is 0 Å². The van der Waals surface area contributed by atoms with Crippen molar-refractivity contribution in [2.45, 2.75) is 18.9 Å². The van der Waals surface area contributed by atoms with Crippen LogP contribution in [0.25, 0.3) is 22.3 Å². The molecule has 0 aliphatic carbocycles. The molecule has 1 aliphatic rings. The smallest absolute Gasteiger partial charge is 0.407 e. The van der Waals surface area contributed by atoms with Gasteiger partial charge < -0.3 is 14.6 Å². The highest BCUT2D eigenvalue weighted by Crippen LogP contribution is 2.33. The number of benzene rings is 1. The molecule has 0 saturated carbocycles. The number of H-pyrrole nitrogens is 1. The molecule has 3 heterocycles. The van der Waals surface area contributed by atoms with Crippen LogP contribution in [0.4, 0.5) is 4.79 Å². The molecule has 2 aromatic heterocycles. The van der Waals surface area contributed by atoms with E-state index in [1.807, 2.05) is 30.5 Å². The van der Waals surface area contributed by atoms with Crippen molar-refractivity contribution in [1.82, 2.24) is 20.0 Å². The predicted octanol–water partition coefficient (Wildman–Crippen LogP) is 3.03. The van der Waals surface area contributed by atoms with Gasteiger partial charge in [0.2, 0.25) is 11.7 Å². The average molecular weight is 298 g/mol. The molecule has 22 heavy (non-hydrogen) atoms. The number of aromatic amines is 1. The molecule has 7 heteroatoms. The van der Waals surface area contributed by atoms with Gasteiger partial charge in [0.25, 0.3) is 0 Å². The second-order valence-electron chi connectivity index (χ2n) is 5.34. The van der Waals surface area contributed by atoms with Crippen LogP contribution in [-0.2, 0) is 0 Å². The van der Waals surface area contributed by atoms with Crippen molar-refractivity contribution in [3.05, 3.63) is 36.4 Å². The molecule has 1 aromatic carbocycles. The third-order valence-corrected chi connectivity index (χ3v) is 4.06. The van der Waals surface area contributed by atoms with E-state index in [1.54, 1.807) is 0 Å². The Bertz CT molecular complexity index is 838. The molecule has 1 unspecified atom stereocenters. The highest BCUT2D eigenvalue weighted by atomic mass is 16.5. The van der Waals surface area contributed by atoms with Crippen LogP contribution in [0.15, 0.2) is 35.0 Å². The van der Waals surface area contributed by atoms with Crippen molar-refractivity contribution >= 4 is 17.0 Å². The lowest BCUT2D eigenvalue weighted by Gasteiger charge is -2.17. The number of nitrogens with one attached hydrogen (secondary N) is 1. The third-order valence-electron chi connectivity index (χ3n) is 4.06. The van der Waals surface area contributed by atoms with Crippen molar-refractivity contribution < 1.29 is 14.4 Å². The molecule has 1 saturated heterocycles. The first-order chi connectivity index (χ1) is 10.7. The third kappa shape index (κ3) is 1.93. The maximum atomic E-state index is 11.2. The number of amides is 1. The second kappa shape index (κ2) is 4.87. The fourth-order valence-corrected chi connectivity index (χ4v) is 2.99. The number of aromatic nitrogens is 3. The SMILES string of the molecule is O=C(O)N1CCCC1c1nc(-c2c[nH]c3ccccc23)no1. The van der Waals surface area contributed by atoms with E-state index >= 15 is 0 Å². The number of para-hydroxylation sites is 1. The molecule has 7 nitrogen and oxygen atoms in total. The van der Waals surface area contributed by atoms with Gasteiger partial charge in [-0.15, -0.1) is 0 Å². The fraction of sp³-hybridized carbons (Fsp3) is 0.267. The minimum absolute atomic E-state index is 0.344. The van der Waals surface area contributed by atoms with Crippen LogP contribution in [0.3, 0.4) is 0 Å². The van der Waals surface area contributed by atoms with Crippen molar-refractivity contribution in [2.75, 3.05) is 6.54 Å². The Morgan fingerprint density at radius 2 is 2.27 bits per heavy atom. The van der Waals surface area contributed by atoms with Gasteiger partial charge in [0.05, 0.1) is 0 Å². The number of hydrogen-bond donors (Lipinski definition) is 2. The number of hydrogen-bond acceptors (Lipinski definition) is 4. The molecule has 2 N–H and O–H groups in total. The molecule has 4 rings (SSSR count). The molecule has 3 aromatic rings. The Morgan fingerprint density at radius 1 is 1.41 bits per heavy atom. The maximum absolute atomic E-state index is 11.2. The summed E-state index contributed by atoms with van der Waals surface area (Å²) in [5.41, 5.74) is 1.85. The van der Waals surface area contributed by atoms with Crippen LogP contribution in [0.1, 0.15) is 24.8 Å². The van der Waals surface area contributed by atoms with E-state index in [9.17, 15) is 9.90 Å². The van der Waals surface area contributed by atoms with Crippen molar-refractivity contribution in [1.29, 1.82) is 0 Å². The summed E-state index contributed by atoms with van der Waals surface area (Å²) in [5, 5.41) is 14.2. The van der Waals surface area contributed by atoms with Crippen molar-refractivity contribution in [2.24, 2.45) is 0 Å². The Morgan fingerprint density at radius 3 is 3.14 bits per heavy atom. The molecular formula is C15H14N4O3. The van der Waals surface area contributed by atoms with Crippen LogP contribution in [0.2, 0.25) is 0 Å². The molecule has 1 fully saturated rings. The standard InChI is InChI=1S/C15H14N4O3/c20-15(21)19-7-3-6-12(19)14-17-13(18-22-14)10-8-16-11-5-2-1-4-9(10)11/h1-2,4-5,8,12,16H,3,6-7H2,(H,20,21). The maximum Gasteiger partial charge on any atom is 0.407 e. The topological polar surface area (TPSA) is 95.2 Å². The quantitative estimate of drug-likeness (QED) is 0.758. The van der Waals surface area contributed by atoms with E-state index in [2.05, 4.69) is 15.1 Å². The zero-order valence-electron chi connectivity index (χ0n) is 11.7. The molecular weight excluding hydrogens is 284 g/mol. The summed E-state index contributed by atoms with van der Waals surface area (Å²) >= 11 is 0. The lowest BCUT2D eigenvalue weighted by molar-refractivity contribution is 0.131. The Labute approximate surface area is 125 Å². The van der Waals surface area contributed by atoms with Gasteiger partial charge in [0.15, 0.2) is 0 Å². The molecule has 112 valence electrons. The molecule has 0 bridgehead atoms. The van der Waals surface area contributed by atoms with E-state index in [1.165, 1.54) is 4.90 Å². The second-order valence-corrected chi connectivity index (χ2v) is 5.34. The van der Waals surface area contributed by atoms with Gasteiger partial charge in [-0.25, -0.2) is 4.79 Å². The Balaban J connectivity index is 1.71. The van der Waals surface area contributed by atoms with Gasteiger partial charge >= 0.3 is 6.09 Å². The van der Waals surface area contributed by atoms with Gasteiger partial charge in [-0.1, -0.05) is 23.4 Å². The monoisotopic (exact) mass is 298 g/mol. The fourth-order valence-electron chi connectivity index (χ4n) is 2.99. The normalized spacial score (nSPS) is 18.2. The number of carboxylic acid groups (broad SMARTS) is 1. The molecule has 0 radical (unpaired) electrons. The van der Waals surface area contributed by atoms with Crippen LogP contribution in [0.5, 0.6) is 0 Å². The van der Waals surface area contributed by atoms with Crippen LogP contribution in [0, 0.1) is 0 Å². The lowest BCUT2D eigenvalue weighted by Crippen LogP contribution is -2.28. The largest absolute Gasteiger partial charge is 0.465 e. The average Bonchev–Trinajstić information content (AvgIpc) is 3.24. The predicted molar refractivity (Wildman–Crippen MR) is 78.3 cm³/mol. The van der Waals surface area contributed by atoms with Crippen molar-refractivity contribution in [3.8, 4) is 11.4 Å². The minimum atomic E-state index is -0.950. The van der Waals surface area contributed by atoms with Gasteiger partial charge in [0, 0.05) is 29.2 Å². The number of carbonyl (C=O) groups is 1. The first-order valence-electron chi connectivity index (χ1n) is 7.13. The van der Waals surface area contributed by atoms with Crippen LogP contribution in [-0.4, -0.2) is 37.8 Å². The number of rotatable bonds is 2. The lowest BCUT2D eigenvalue weighted by atomic mass is 10.1. The molecule has 0 spiro atoms. The Kier molecular flexibility index (Phi) is 2.85. The van der Waals surface area contributed by atoms with Crippen molar-refractivity contribution in [3.63, 3.8) is 0 Å². The van der Waals surface area contributed by atoms with E-state index in [0.29, 0.717) is 24.7 Å². The molecule has 1 atom stereocenters. The zero-order chi connectivity index (χ0) is 15.1. The summed E-state index contributed by atoms with van der Waals surface area (Å²) in [6, 6.07) is 7.51.